The maximum Gasteiger partial charge on any atom is 0.315 e. The number of urea groups is 1. The maximum absolute atomic E-state index is 11.2. The third kappa shape index (κ3) is 3.15. The molecule has 0 saturated carbocycles. The molecule has 0 aliphatic carbocycles. The van der Waals surface area contributed by atoms with Crippen LogP contribution >= 0.6 is 11.8 Å². The van der Waals surface area contributed by atoms with E-state index in [2.05, 4.69) is 10.6 Å². The number of carbonyl (C=O) groups excluding carboxylic acids is 2. The smallest absolute Gasteiger partial charge is 0.315 e. The maximum atomic E-state index is 11.2. The molecule has 2 amide bonds. The second-order valence-corrected chi connectivity index (χ2v) is 6.03. The first kappa shape index (κ1) is 12.7. The Morgan fingerprint density at radius 3 is 3.00 bits per heavy atom. The summed E-state index contributed by atoms with van der Waals surface area (Å²) in [5.74, 6) is 1.37. The summed E-state index contributed by atoms with van der Waals surface area (Å²) < 4.78 is 0. The summed E-state index contributed by atoms with van der Waals surface area (Å²) >= 11 is 1.94. The lowest BCUT2D eigenvalue weighted by atomic mass is 10.0. The van der Waals surface area contributed by atoms with Gasteiger partial charge in [-0.1, -0.05) is 13.3 Å². The fraction of sp³-hybridized carbons (Fsp3) is 0.833. The minimum Gasteiger partial charge on any atom is -0.332 e. The predicted octanol–water partition coefficient (Wildman–Crippen LogP) is 1.69. The molecular weight excluding hydrogens is 236 g/mol. The predicted molar refractivity (Wildman–Crippen MR) is 69.3 cm³/mol. The van der Waals surface area contributed by atoms with Crippen LogP contribution in [0.5, 0.6) is 0 Å². The number of Topliss-reactive ketones (excluding diaryl/α,β-unsaturated/α-hetero) is 1. The lowest BCUT2D eigenvalue weighted by Crippen LogP contribution is -2.36. The van der Waals surface area contributed by atoms with Crippen LogP contribution < -0.4 is 10.6 Å². The van der Waals surface area contributed by atoms with Crippen molar-refractivity contribution in [2.45, 2.75) is 56.4 Å². The topological polar surface area (TPSA) is 58.2 Å². The van der Waals surface area contributed by atoms with E-state index in [1.165, 1.54) is 0 Å². The highest BCUT2D eigenvalue weighted by Gasteiger charge is 2.42. The number of hydrogen-bond acceptors (Lipinski definition) is 3. The first-order valence-corrected chi connectivity index (χ1v) is 7.46. The molecule has 2 aliphatic heterocycles. The zero-order valence-electron chi connectivity index (χ0n) is 10.2. The molecule has 0 aromatic rings. The third-order valence-corrected chi connectivity index (χ3v) is 5.04. The van der Waals surface area contributed by atoms with Gasteiger partial charge in [-0.2, -0.15) is 11.8 Å². The highest BCUT2D eigenvalue weighted by Crippen LogP contribution is 2.33. The van der Waals surface area contributed by atoms with Gasteiger partial charge in [-0.25, -0.2) is 4.79 Å². The van der Waals surface area contributed by atoms with Crippen LogP contribution in [0, 0.1) is 0 Å². The number of hydrogen-bond donors (Lipinski definition) is 2. The van der Waals surface area contributed by atoms with E-state index >= 15 is 0 Å². The molecule has 3 unspecified atom stereocenters. The Morgan fingerprint density at radius 2 is 2.24 bits per heavy atom. The molecule has 2 rings (SSSR count). The van der Waals surface area contributed by atoms with Gasteiger partial charge in [-0.3, -0.25) is 4.79 Å². The van der Waals surface area contributed by atoms with Crippen molar-refractivity contribution in [3.8, 4) is 0 Å². The van der Waals surface area contributed by atoms with Crippen molar-refractivity contribution in [3.05, 3.63) is 0 Å². The van der Waals surface area contributed by atoms with E-state index < -0.39 is 0 Å². The van der Waals surface area contributed by atoms with E-state index in [0.717, 1.165) is 25.0 Å². The Bertz CT molecular complexity index is 309. The number of nitrogens with one attached hydrogen (secondary N) is 2. The molecule has 3 atom stereocenters. The van der Waals surface area contributed by atoms with Crippen LogP contribution in [0.3, 0.4) is 0 Å². The number of carbonyl (C=O) groups is 2. The van der Waals surface area contributed by atoms with Gasteiger partial charge in [0.1, 0.15) is 5.78 Å². The minimum absolute atomic E-state index is 0.0218. The molecule has 96 valence electrons. The third-order valence-electron chi connectivity index (χ3n) is 3.53. The summed E-state index contributed by atoms with van der Waals surface area (Å²) in [5.41, 5.74) is 0. The molecule has 2 heterocycles. The first-order chi connectivity index (χ1) is 8.20. The standard InChI is InChI=1S/C12H20N2O2S/c1-2-8(15)5-3-4-6-10-11-9(7-17-10)13-12(16)14-11/h9-11H,2-7H2,1H3,(H2,13,14,16). The molecule has 17 heavy (non-hydrogen) atoms. The summed E-state index contributed by atoms with van der Waals surface area (Å²) in [7, 11) is 0. The van der Waals surface area contributed by atoms with Gasteiger partial charge in [0.05, 0.1) is 12.1 Å². The second kappa shape index (κ2) is 5.76. The Hall–Kier alpha value is -0.710. The van der Waals surface area contributed by atoms with E-state index in [0.29, 0.717) is 36.0 Å². The normalized spacial score (nSPS) is 30.9. The molecular formula is C12H20N2O2S. The molecule has 5 heteroatoms. The molecule has 4 nitrogen and oxygen atoms in total. The Balaban J connectivity index is 1.66. The summed E-state index contributed by atoms with van der Waals surface area (Å²) in [6, 6.07) is 0.593. The number of unbranched alkanes of at least 4 members (excludes halogenated alkanes) is 1. The van der Waals surface area contributed by atoms with Gasteiger partial charge >= 0.3 is 6.03 Å². The van der Waals surface area contributed by atoms with E-state index in [1.54, 1.807) is 0 Å². The Labute approximate surface area is 106 Å². The molecule has 0 bridgehead atoms. The molecule has 0 aromatic carbocycles. The number of fused-ring (bicyclic) bond motifs is 1. The van der Waals surface area contributed by atoms with E-state index in [1.807, 2.05) is 18.7 Å². The average Bonchev–Trinajstić information content (AvgIpc) is 2.84. The van der Waals surface area contributed by atoms with Crippen molar-refractivity contribution < 1.29 is 9.59 Å². The van der Waals surface area contributed by atoms with E-state index in [4.69, 9.17) is 0 Å². The lowest BCUT2D eigenvalue weighted by molar-refractivity contribution is -0.118. The summed E-state index contributed by atoms with van der Waals surface area (Å²) in [6.07, 6.45) is 4.55. The summed E-state index contributed by atoms with van der Waals surface area (Å²) in [4.78, 5) is 22.3. The number of thioether (sulfide) groups is 1. The Kier molecular flexibility index (Phi) is 4.31. The van der Waals surface area contributed by atoms with Crippen LogP contribution in [0.1, 0.15) is 39.0 Å². The number of rotatable bonds is 6. The van der Waals surface area contributed by atoms with Crippen LogP contribution in [0.4, 0.5) is 4.79 Å². The van der Waals surface area contributed by atoms with Crippen LogP contribution in [0.25, 0.3) is 0 Å². The van der Waals surface area contributed by atoms with Crippen molar-refractivity contribution in [1.82, 2.24) is 10.6 Å². The van der Waals surface area contributed by atoms with Gasteiger partial charge < -0.3 is 10.6 Å². The number of ketones is 1. The molecule has 2 fully saturated rings. The fourth-order valence-corrected chi connectivity index (χ4v) is 4.03. The van der Waals surface area contributed by atoms with Gasteiger partial charge in [0.15, 0.2) is 0 Å². The highest BCUT2D eigenvalue weighted by atomic mass is 32.2. The van der Waals surface area contributed by atoms with Crippen LogP contribution in [0.15, 0.2) is 0 Å². The van der Waals surface area contributed by atoms with Gasteiger partial charge in [-0.05, 0) is 12.8 Å². The molecule has 2 saturated heterocycles. The number of amides is 2. The van der Waals surface area contributed by atoms with Gasteiger partial charge in [0, 0.05) is 23.8 Å². The molecule has 0 spiro atoms. The van der Waals surface area contributed by atoms with Crippen LogP contribution in [-0.2, 0) is 4.79 Å². The van der Waals surface area contributed by atoms with Crippen molar-refractivity contribution in [1.29, 1.82) is 0 Å². The van der Waals surface area contributed by atoms with Crippen molar-refractivity contribution in [3.63, 3.8) is 0 Å². The van der Waals surface area contributed by atoms with Crippen molar-refractivity contribution in [2.24, 2.45) is 0 Å². The molecule has 2 aliphatic rings. The first-order valence-electron chi connectivity index (χ1n) is 6.41. The molecule has 2 N–H and O–H groups in total. The minimum atomic E-state index is -0.0218. The van der Waals surface area contributed by atoms with Gasteiger partial charge in [0.25, 0.3) is 0 Å². The summed E-state index contributed by atoms with van der Waals surface area (Å²) in [6.45, 7) is 1.92. The van der Waals surface area contributed by atoms with Gasteiger partial charge in [0.2, 0.25) is 0 Å². The second-order valence-electron chi connectivity index (χ2n) is 4.76. The zero-order valence-corrected chi connectivity index (χ0v) is 11.0. The van der Waals surface area contributed by atoms with Crippen molar-refractivity contribution >= 4 is 23.6 Å². The van der Waals surface area contributed by atoms with E-state index in [9.17, 15) is 9.59 Å². The quantitative estimate of drug-likeness (QED) is 0.561. The molecule has 0 aromatic heterocycles. The monoisotopic (exact) mass is 256 g/mol. The van der Waals surface area contributed by atoms with Gasteiger partial charge in [-0.15, -0.1) is 0 Å². The Morgan fingerprint density at radius 1 is 1.41 bits per heavy atom. The average molecular weight is 256 g/mol. The fourth-order valence-electron chi connectivity index (χ4n) is 2.49. The van der Waals surface area contributed by atoms with Crippen molar-refractivity contribution in [2.75, 3.05) is 5.75 Å². The summed E-state index contributed by atoms with van der Waals surface area (Å²) in [5, 5.41) is 6.45. The SMILES string of the molecule is CCC(=O)CCCCC1SCC2NC(=O)NC21. The zero-order chi connectivity index (χ0) is 12.3. The van der Waals surface area contributed by atoms with E-state index in [-0.39, 0.29) is 6.03 Å². The highest BCUT2D eigenvalue weighted by molar-refractivity contribution is 8.00. The largest absolute Gasteiger partial charge is 0.332 e. The molecule has 0 radical (unpaired) electrons. The van der Waals surface area contributed by atoms with Crippen LogP contribution in [-0.4, -0.2) is 34.9 Å². The lowest BCUT2D eigenvalue weighted by Gasteiger charge is -2.16. The van der Waals surface area contributed by atoms with Crippen LogP contribution in [0.2, 0.25) is 0 Å².